The first-order chi connectivity index (χ1) is 21.9. The third kappa shape index (κ3) is 13.6. The summed E-state index contributed by atoms with van der Waals surface area (Å²) in [6, 6.07) is 6.14. The van der Waals surface area contributed by atoms with E-state index in [-0.39, 0.29) is 17.7 Å². The summed E-state index contributed by atoms with van der Waals surface area (Å²) >= 11 is 0. The maximum atomic E-state index is 13.6. The molecule has 0 atom stereocenters. The van der Waals surface area contributed by atoms with Gasteiger partial charge in [0.05, 0.1) is 0 Å². The Kier molecular flexibility index (Phi) is 17.8. The summed E-state index contributed by atoms with van der Waals surface area (Å²) in [5.74, 6) is -0.225. The van der Waals surface area contributed by atoms with E-state index in [0.717, 1.165) is 77.7 Å². The van der Waals surface area contributed by atoms with Gasteiger partial charge >= 0.3 is 5.97 Å². The van der Waals surface area contributed by atoms with E-state index in [1.54, 1.807) is 12.1 Å². The highest BCUT2D eigenvalue weighted by molar-refractivity contribution is 5.85. The summed E-state index contributed by atoms with van der Waals surface area (Å²) in [5, 5.41) is 0. The van der Waals surface area contributed by atoms with Crippen LogP contribution in [0.2, 0.25) is 0 Å². The van der Waals surface area contributed by atoms with E-state index >= 15 is 0 Å². The quantitative estimate of drug-likeness (QED) is 0.0790. The number of ether oxygens (including phenoxy) is 1. The number of piperidine rings is 2. The molecule has 0 radical (unpaired) electrons. The number of carbonyl (C=O) groups excluding carboxylic acids is 2. The number of rotatable bonds is 22. The largest absolute Gasteiger partial charge is 0.426 e. The van der Waals surface area contributed by atoms with Crippen molar-refractivity contribution >= 4 is 17.6 Å². The van der Waals surface area contributed by atoms with Crippen LogP contribution < -0.4 is 5.73 Å². The Balaban J connectivity index is 1.35. The van der Waals surface area contributed by atoms with Crippen molar-refractivity contribution in [2.24, 2.45) is 5.73 Å². The van der Waals surface area contributed by atoms with Gasteiger partial charge in [-0.3, -0.25) is 14.5 Å². The van der Waals surface area contributed by atoms with E-state index in [0.29, 0.717) is 24.2 Å². The van der Waals surface area contributed by atoms with Crippen LogP contribution in [-0.2, 0) is 14.3 Å². The van der Waals surface area contributed by atoms with Crippen molar-refractivity contribution in [3.63, 3.8) is 0 Å². The summed E-state index contributed by atoms with van der Waals surface area (Å²) in [4.78, 5) is 30.0. The van der Waals surface area contributed by atoms with Gasteiger partial charge in [-0.05, 0) is 82.0 Å². The van der Waals surface area contributed by atoms with Crippen molar-refractivity contribution < 1.29 is 18.7 Å². The molecule has 2 aliphatic heterocycles. The van der Waals surface area contributed by atoms with Crippen molar-refractivity contribution in [3.8, 4) is 0 Å². The number of nitrogens with zero attached hydrogens (tertiary/aromatic N) is 2. The lowest BCUT2D eigenvalue weighted by molar-refractivity contribution is -0.137. The molecule has 1 aromatic carbocycles. The first kappa shape index (κ1) is 37.2. The van der Waals surface area contributed by atoms with E-state index < -0.39 is 5.54 Å². The molecule has 0 aromatic heterocycles. The molecule has 1 amide bonds. The van der Waals surface area contributed by atoms with Crippen LogP contribution in [0.4, 0.5) is 4.39 Å². The van der Waals surface area contributed by atoms with Crippen molar-refractivity contribution in [1.82, 2.24) is 9.80 Å². The lowest BCUT2D eigenvalue weighted by atomic mass is 9.83. The second kappa shape index (κ2) is 21.5. The number of esters is 1. The molecule has 6 nitrogen and oxygen atoms in total. The molecule has 0 aliphatic carbocycles. The summed E-state index contributed by atoms with van der Waals surface area (Å²) in [6.07, 6.45) is 25.9. The van der Waals surface area contributed by atoms with E-state index in [4.69, 9.17) is 10.5 Å². The third-order valence-electron chi connectivity index (χ3n) is 9.97. The van der Waals surface area contributed by atoms with Gasteiger partial charge in [0.15, 0.2) is 0 Å². The Hall–Kier alpha value is -2.25. The molecule has 0 unspecified atom stereocenters. The number of benzene rings is 1. The average Bonchev–Trinajstić information content (AvgIpc) is 3.05. The molecule has 0 saturated carbocycles. The molecule has 3 rings (SSSR count). The predicted molar refractivity (Wildman–Crippen MR) is 183 cm³/mol. The lowest BCUT2D eigenvalue weighted by Crippen LogP contribution is -2.63. The minimum Gasteiger partial charge on any atom is -0.426 e. The van der Waals surface area contributed by atoms with Gasteiger partial charge in [-0.2, -0.15) is 0 Å². The molecule has 2 N–H and O–H groups in total. The van der Waals surface area contributed by atoms with Gasteiger partial charge in [-0.25, -0.2) is 4.39 Å². The zero-order valence-electron chi connectivity index (χ0n) is 28.3. The predicted octanol–water partition coefficient (Wildman–Crippen LogP) is 8.78. The van der Waals surface area contributed by atoms with Crippen LogP contribution in [0.1, 0.15) is 147 Å². The second-order valence-corrected chi connectivity index (χ2v) is 13.5. The van der Waals surface area contributed by atoms with Crippen LogP contribution in [0.3, 0.4) is 0 Å². The van der Waals surface area contributed by atoms with Crippen LogP contribution in [0.25, 0.3) is 5.76 Å². The molecule has 0 spiro atoms. The van der Waals surface area contributed by atoms with Gasteiger partial charge < -0.3 is 15.4 Å². The summed E-state index contributed by atoms with van der Waals surface area (Å²) < 4.78 is 19.5. The number of hydrogen-bond donors (Lipinski definition) is 1. The van der Waals surface area contributed by atoms with Gasteiger partial charge in [0.25, 0.3) is 0 Å². The van der Waals surface area contributed by atoms with Gasteiger partial charge in [0.2, 0.25) is 5.91 Å². The van der Waals surface area contributed by atoms with Crippen LogP contribution in [0, 0.1) is 5.82 Å². The first-order valence-corrected chi connectivity index (χ1v) is 18.4. The Labute approximate surface area is 273 Å². The molecule has 254 valence electrons. The van der Waals surface area contributed by atoms with Crippen LogP contribution in [0.15, 0.2) is 30.3 Å². The van der Waals surface area contributed by atoms with Crippen LogP contribution in [-0.4, -0.2) is 59.9 Å². The monoisotopic (exact) mass is 627 g/mol. The van der Waals surface area contributed by atoms with E-state index in [1.165, 1.54) is 89.2 Å². The number of hydrogen-bond acceptors (Lipinski definition) is 5. The molecule has 7 heteroatoms. The number of unbranched alkanes of at least 4 members (excludes halogenated alkanes) is 13. The lowest BCUT2D eigenvalue weighted by Gasteiger charge is -2.48. The van der Waals surface area contributed by atoms with E-state index in [1.807, 2.05) is 6.08 Å². The number of likely N-dealkylation sites (tertiary alicyclic amines) is 2. The van der Waals surface area contributed by atoms with Crippen molar-refractivity contribution in [2.45, 2.75) is 147 Å². The summed E-state index contributed by atoms with van der Waals surface area (Å²) in [7, 11) is 0. The summed E-state index contributed by atoms with van der Waals surface area (Å²) in [5.41, 5.74) is 6.15. The van der Waals surface area contributed by atoms with E-state index in [2.05, 4.69) is 16.7 Å². The Bertz CT molecular complexity index is 998. The molecule has 2 fully saturated rings. The number of halogens is 1. The zero-order chi connectivity index (χ0) is 32.2. The molecule has 2 saturated heterocycles. The number of primary amides is 1. The molecular formula is C38H62FN3O3. The van der Waals surface area contributed by atoms with Gasteiger partial charge in [-0.15, -0.1) is 0 Å². The highest BCUT2D eigenvalue weighted by Crippen LogP contribution is 2.32. The first-order valence-electron chi connectivity index (χ1n) is 18.4. The second-order valence-electron chi connectivity index (χ2n) is 13.5. The molecule has 0 bridgehead atoms. The molecular weight excluding hydrogens is 565 g/mol. The normalized spacial score (nSPS) is 17.8. The van der Waals surface area contributed by atoms with Gasteiger partial charge in [-0.1, -0.05) is 96.8 Å². The molecule has 2 aliphatic rings. The average molecular weight is 628 g/mol. The van der Waals surface area contributed by atoms with Gasteiger partial charge in [0.1, 0.15) is 17.1 Å². The Morgan fingerprint density at radius 1 is 0.800 bits per heavy atom. The smallest absolute Gasteiger partial charge is 0.311 e. The van der Waals surface area contributed by atoms with Crippen molar-refractivity contribution in [1.29, 1.82) is 0 Å². The molecule has 45 heavy (non-hydrogen) atoms. The Morgan fingerprint density at radius 3 is 1.87 bits per heavy atom. The fourth-order valence-corrected chi connectivity index (χ4v) is 7.04. The van der Waals surface area contributed by atoms with Crippen molar-refractivity contribution in [2.75, 3.05) is 32.7 Å². The standard InChI is InChI=1S/C38H62FN3O3/c1-2-3-4-5-6-7-8-9-10-11-12-13-14-16-21-36(43)45-35(33-22-24-34(39)25-23-33)20-19-28-41-31-26-38(27-32-41,37(40)44)42-29-17-15-18-30-42/h20,22-25H,2-19,21,26-32H2,1H3,(H2,40,44)/b35-20-. The van der Waals surface area contributed by atoms with E-state index in [9.17, 15) is 14.0 Å². The highest BCUT2D eigenvalue weighted by atomic mass is 19.1. The van der Waals surface area contributed by atoms with Crippen LogP contribution in [0.5, 0.6) is 0 Å². The van der Waals surface area contributed by atoms with Gasteiger partial charge in [0, 0.05) is 31.6 Å². The Morgan fingerprint density at radius 2 is 1.33 bits per heavy atom. The fraction of sp³-hybridized carbons (Fsp3) is 0.737. The highest BCUT2D eigenvalue weighted by Gasteiger charge is 2.44. The van der Waals surface area contributed by atoms with Crippen molar-refractivity contribution in [3.05, 3.63) is 41.7 Å². The van der Waals surface area contributed by atoms with Crippen LogP contribution >= 0.6 is 0 Å². The minimum absolute atomic E-state index is 0.187. The minimum atomic E-state index is -0.519. The number of amides is 1. The number of carbonyl (C=O) groups is 2. The maximum absolute atomic E-state index is 13.6. The fourth-order valence-electron chi connectivity index (χ4n) is 7.04. The zero-order valence-corrected chi connectivity index (χ0v) is 28.3. The molecule has 1 aromatic rings. The topological polar surface area (TPSA) is 75.9 Å². The SMILES string of the molecule is CCCCCCCCCCCCCCCCC(=O)O/C(=C\CCN1CCC(C(N)=O)(N2CCCCC2)CC1)c1ccc(F)cc1. The summed E-state index contributed by atoms with van der Waals surface area (Å²) in [6.45, 7) is 6.61. The third-order valence-corrected chi connectivity index (χ3v) is 9.97. The maximum Gasteiger partial charge on any atom is 0.311 e. The molecule has 2 heterocycles. The number of nitrogens with two attached hydrogens (primary N) is 1.